The van der Waals surface area contributed by atoms with Crippen LogP contribution in [-0.4, -0.2) is 70.0 Å². The molecule has 2 aliphatic heterocycles. The van der Waals surface area contributed by atoms with Crippen molar-refractivity contribution in [2.45, 2.75) is 24.7 Å². The Kier molecular flexibility index (Phi) is 8.33. The van der Waals surface area contributed by atoms with E-state index in [-0.39, 0.29) is 17.4 Å². The summed E-state index contributed by atoms with van der Waals surface area (Å²) in [5, 5.41) is 0. The highest BCUT2D eigenvalue weighted by Crippen LogP contribution is 2.33. The van der Waals surface area contributed by atoms with Crippen molar-refractivity contribution in [2.24, 2.45) is 0 Å². The van der Waals surface area contributed by atoms with Crippen LogP contribution in [0.2, 0.25) is 0 Å². The number of carbonyl (C=O) groups is 1. The number of piperazine rings is 1. The molecule has 0 aromatic heterocycles. The monoisotopic (exact) mass is 545 g/mol. The van der Waals surface area contributed by atoms with Gasteiger partial charge in [0.15, 0.2) is 6.61 Å². The predicted molar refractivity (Wildman–Crippen MR) is 154 cm³/mol. The highest BCUT2D eigenvalue weighted by molar-refractivity contribution is 7.92. The summed E-state index contributed by atoms with van der Waals surface area (Å²) in [6, 6.07) is 22.7. The molecule has 0 atom stereocenters. The number of carbonyl (C=O) groups excluding carboxylic acids is 1. The van der Waals surface area contributed by atoms with Gasteiger partial charge in [-0.15, -0.1) is 0 Å². The number of aryl methyl sites for hydroxylation is 2. The molecule has 204 valence electrons. The van der Waals surface area contributed by atoms with Gasteiger partial charge in [-0.05, 0) is 60.7 Å². The number of benzene rings is 3. The van der Waals surface area contributed by atoms with Crippen LogP contribution < -0.4 is 9.04 Å². The Labute approximate surface area is 231 Å². The maximum atomic E-state index is 13.5. The summed E-state index contributed by atoms with van der Waals surface area (Å²) in [6.45, 7) is 6.01. The van der Waals surface area contributed by atoms with E-state index < -0.39 is 10.0 Å². The van der Waals surface area contributed by atoms with Crippen LogP contribution >= 0.6 is 0 Å². The zero-order chi connectivity index (χ0) is 27.2. The molecule has 0 radical (unpaired) electrons. The van der Waals surface area contributed by atoms with Gasteiger partial charge in [0.1, 0.15) is 5.75 Å². The van der Waals surface area contributed by atoms with Gasteiger partial charge in [0.05, 0.1) is 10.6 Å². The van der Waals surface area contributed by atoms with E-state index in [1.165, 1.54) is 9.87 Å². The number of sulfonamides is 1. The number of rotatable bonds is 8. The van der Waals surface area contributed by atoms with E-state index in [1.807, 2.05) is 54.3 Å². The average molecular weight is 546 g/mol. The van der Waals surface area contributed by atoms with Crippen LogP contribution in [0.15, 0.2) is 83.8 Å². The van der Waals surface area contributed by atoms with Gasteiger partial charge < -0.3 is 9.64 Å². The average Bonchev–Trinajstić information content (AvgIpc) is 2.97. The van der Waals surface area contributed by atoms with Gasteiger partial charge in [-0.2, -0.15) is 0 Å². The fraction of sp³-hybridized carbons (Fsp3) is 0.323. The molecule has 1 saturated heterocycles. The summed E-state index contributed by atoms with van der Waals surface area (Å²) in [5.74, 6) is 0.460. The number of ether oxygens (including phenoxy) is 1. The van der Waals surface area contributed by atoms with Gasteiger partial charge in [0.2, 0.25) is 0 Å². The van der Waals surface area contributed by atoms with Crippen LogP contribution in [0.4, 0.5) is 5.69 Å². The van der Waals surface area contributed by atoms with Crippen LogP contribution in [0.1, 0.15) is 23.1 Å². The molecule has 2 heterocycles. The summed E-state index contributed by atoms with van der Waals surface area (Å²) in [5.41, 5.74) is 3.66. The van der Waals surface area contributed by atoms with E-state index in [4.69, 9.17) is 4.74 Å². The van der Waals surface area contributed by atoms with E-state index in [2.05, 4.69) is 29.2 Å². The molecule has 0 bridgehead atoms. The smallest absolute Gasteiger partial charge is 0.264 e. The van der Waals surface area contributed by atoms with Gasteiger partial charge >= 0.3 is 0 Å². The van der Waals surface area contributed by atoms with Crippen LogP contribution in [0.5, 0.6) is 5.75 Å². The lowest BCUT2D eigenvalue weighted by atomic mass is 10.0. The largest absolute Gasteiger partial charge is 0.483 e. The topological polar surface area (TPSA) is 70.2 Å². The van der Waals surface area contributed by atoms with Gasteiger partial charge in [-0.3, -0.25) is 14.0 Å². The number of nitrogens with zero attached hydrogens (tertiary/aromatic N) is 3. The molecule has 0 aliphatic carbocycles. The van der Waals surface area contributed by atoms with Crippen LogP contribution in [0.3, 0.4) is 0 Å². The zero-order valence-corrected chi connectivity index (χ0v) is 23.1. The van der Waals surface area contributed by atoms with E-state index in [9.17, 15) is 13.2 Å². The minimum Gasteiger partial charge on any atom is -0.483 e. The van der Waals surface area contributed by atoms with Crippen molar-refractivity contribution in [3.63, 3.8) is 0 Å². The van der Waals surface area contributed by atoms with Crippen molar-refractivity contribution in [3.05, 3.63) is 95.6 Å². The molecule has 0 spiro atoms. The standard InChI is InChI=1S/C31H35N3O4S/c1-25-23-28(39(36,37)34-18-8-13-27-12-5-6-14-29(27)34)15-16-30(25)38-24-31(35)33-21-19-32(20-22-33)17-7-11-26-9-3-2-4-10-26/h2-7,9-12,14-16,23H,8,13,17-22,24H2,1H3/b11-7+. The van der Waals surface area contributed by atoms with Crippen molar-refractivity contribution >= 4 is 27.7 Å². The molecular formula is C31H35N3O4S. The summed E-state index contributed by atoms with van der Waals surface area (Å²) in [4.78, 5) is 17.2. The minimum absolute atomic E-state index is 0.0597. The second-order valence-electron chi connectivity index (χ2n) is 10.0. The predicted octanol–water partition coefficient (Wildman–Crippen LogP) is 4.37. The first kappa shape index (κ1) is 27.0. The van der Waals surface area contributed by atoms with Crippen molar-refractivity contribution in [1.82, 2.24) is 9.80 Å². The molecule has 0 saturated carbocycles. The number of amides is 1. The molecule has 0 N–H and O–H groups in total. The quantitative estimate of drug-likeness (QED) is 0.420. The summed E-state index contributed by atoms with van der Waals surface area (Å²) >= 11 is 0. The maximum Gasteiger partial charge on any atom is 0.264 e. The zero-order valence-electron chi connectivity index (χ0n) is 22.3. The summed E-state index contributed by atoms with van der Waals surface area (Å²) < 4.78 is 34.3. The normalized spacial score (nSPS) is 16.3. The Balaban J connectivity index is 1.13. The molecule has 0 unspecified atom stereocenters. The van der Waals surface area contributed by atoms with Crippen molar-refractivity contribution in [3.8, 4) is 5.75 Å². The highest BCUT2D eigenvalue weighted by atomic mass is 32.2. The lowest BCUT2D eigenvalue weighted by Crippen LogP contribution is -2.49. The Morgan fingerprint density at radius 2 is 1.67 bits per heavy atom. The Morgan fingerprint density at radius 3 is 2.44 bits per heavy atom. The van der Waals surface area contributed by atoms with E-state index in [0.717, 1.165) is 43.7 Å². The van der Waals surface area contributed by atoms with Gasteiger partial charge in [0, 0.05) is 39.3 Å². The van der Waals surface area contributed by atoms with E-state index in [1.54, 1.807) is 18.2 Å². The third-order valence-corrected chi connectivity index (χ3v) is 9.16. The first-order valence-corrected chi connectivity index (χ1v) is 14.9. The van der Waals surface area contributed by atoms with Gasteiger partial charge in [-0.25, -0.2) is 8.42 Å². The summed E-state index contributed by atoms with van der Waals surface area (Å²) in [6.07, 6.45) is 5.95. The first-order valence-electron chi connectivity index (χ1n) is 13.5. The maximum absolute atomic E-state index is 13.5. The lowest BCUT2D eigenvalue weighted by molar-refractivity contribution is -0.135. The molecule has 8 heteroatoms. The number of hydrogen-bond acceptors (Lipinski definition) is 5. The second kappa shape index (κ2) is 12.1. The molecule has 1 amide bonds. The Morgan fingerprint density at radius 1 is 0.923 bits per heavy atom. The number of anilines is 1. The van der Waals surface area contributed by atoms with Crippen molar-refractivity contribution in [1.29, 1.82) is 0 Å². The van der Waals surface area contributed by atoms with E-state index >= 15 is 0 Å². The third-order valence-electron chi connectivity index (χ3n) is 7.35. The third kappa shape index (κ3) is 6.34. The first-order chi connectivity index (χ1) is 18.9. The van der Waals surface area contributed by atoms with Crippen LogP contribution in [0, 0.1) is 6.92 Å². The number of fused-ring (bicyclic) bond motifs is 1. The molecule has 3 aromatic rings. The van der Waals surface area contributed by atoms with Gasteiger partial charge in [-0.1, -0.05) is 60.7 Å². The summed E-state index contributed by atoms with van der Waals surface area (Å²) in [7, 11) is -3.70. The van der Waals surface area contributed by atoms with E-state index in [0.29, 0.717) is 30.9 Å². The number of hydrogen-bond donors (Lipinski definition) is 0. The highest BCUT2D eigenvalue weighted by Gasteiger charge is 2.29. The van der Waals surface area contributed by atoms with Crippen LogP contribution in [-0.2, 0) is 21.2 Å². The molecule has 7 nitrogen and oxygen atoms in total. The molecule has 3 aromatic carbocycles. The molecule has 2 aliphatic rings. The fourth-order valence-electron chi connectivity index (χ4n) is 5.13. The Bertz CT molecular complexity index is 1430. The molecular weight excluding hydrogens is 510 g/mol. The SMILES string of the molecule is Cc1cc(S(=O)(=O)N2CCCc3ccccc32)ccc1OCC(=O)N1CCN(C/C=C/c2ccccc2)CC1. The molecule has 39 heavy (non-hydrogen) atoms. The molecule has 1 fully saturated rings. The van der Waals surface area contributed by atoms with Crippen molar-refractivity contribution < 1.29 is 17.9 Å². The molecule has 5 rings (SSSR count). The fourth-order valence-corrected chi connectivity index (χ4v) is 6.76. The second-order valence-corrected chi connectivity index (χ2v) is 11.9. The lowest BCUT2D eigenvalue weighted by Gasteiger charge is -2.34. The Hall–Kier alpha value is -3.62. The number of para-hydroxylation sites is 1. The van der Waals surface area contributed by atoms with Gasteiger partial charge in [0.25, 0.3) is 15.9 Å². The minimum atomic E-state index is -3.70. The van der Waals surface area contributed by atoms with Crippen LogP contribution in [0.25, 0.3) is 6.08 Å². The van der Waals surface area contributed by atoms with Crippen molar-refractivity contribution in [2.75, 3.05) is 50.2 Å².